The van der Waals surface area contributed by atoms with Crippen LogP contribution in [0.5, 0.6) is 0 Å². The van der Waals surface area contributed by atoms with Crippen LogP contribution in [0.4, 0.5) is 8.78 Å². The summed E-state index contributed by atoms with van der Waals surface area (Å²) in [6.07, 6.45) is 0. The van der Waals surface area contributed by atoms with E-state index in [1.807, 2.05) is 0 Å². The van der Waals surface area contributed by atoms with Gasteiger partial charge >= 0.3 is 0 Å². The predicted molar refractivity (Wildman–Crippen MR) is 66.5 cm³/mol. The SMILES string of the molecule is CC(=O)c1cc(C)c(F)c(-c2ccccc2F)c1. The Morgan fingerprint density at radius 2 is 1.72 bits per heavy atom. The van der Waals surface area contributed by atoms with Gasteiger partial charge in [-0.15, -0.1) is 0 Å². The van der Waals surface area contributed by atoms with Crippen molar-refractivity contribution in [3.05, 3.63) is 59.2 Å². The lowest BCUT2D eigenvalue weighted by atomic mass is 9.97. The van der Waals surface area contributed by atoms with Crippen molar-refractivity contribution in [2.24, 2.45) is 0 Å². The monoisotopic (exact) mass is 246 g/mol. The molecular weight excluding hydrogens is 234 g/mol. The molecule has 2 rings (SSSR count). The van der Waals surface area contributed by atoms with Gasteiger partial charge in [0.25, 0.3) is 0 Å². The van der Waals surface area contributed by atoms with Crippen LogP contribution in [0.1, 0.15) is 22.8 Å². The zero-order valence-electron chi connectivity index (χ0n) is 10.1. The van der Waals surface area contributed by atoms with Crippen molar-refractivity contribution in [2.75, 3.05) is 0 Å². The number of ketones is 1. The second kappa shape index (κ2) is 4.69. The number of benzene rings is 2. The van der Waals surface area contributed by atoms with Gasteiger partial charge in [-0.1, -0.05) is 18.2 Å². The van der Waals surface area contributed by atoms with Gasteiger partial charge in [-0.05, 0) is 37.6 Å². The van der Waals surface area contributed by atoms with Gasteiger partial charge in [0.15, 0.2) is 5.78 Å². The van der Waals surface area contributed by atoms with E-state index < -0.39 is 11.6 Å². The first-order valence-corrected chi connectivity index (χ1v) is 5.56. The Hall–Kier alpha value is -2.03. The fourth-order valence-electron chi connectivity index (χ4n) is 1.85. The minimum atomic E-state index is -0.503. The molecule has 0 amide bonds. The van der Waals surface area contributed by atoms with E-state index in [1.165, 1.54) is 31.2 Å². The van der Waals surface area contributed by atoms with Crippen LogP contribution < -0.4 is 0 Å². The minimum absolute atomic E-state index is 0.123. The van der Waals surface area contributed by atoms with E-state index in [0.29, 0.717) is 11.1 Å². The molecule has 1 nitrogen and oxygen atoms in total. The van der Waals surface area contributed by atoms with E-state index in [2.05, 4.69) is 0 Å². The molecule has 0 aromatic heterocycles. The number of carbonyl (C=O) groups excluding carboxylic acids is 1. The first-order valence-electron chi connectivity index (χ1n) is 5.56. The largest absolute Gasteiger partial charge is 0.295 e. The summed E-state index contributed by atoms with van der Waals surface area (Å²) >= 11 is 0. The molecule has 0 saturated carbocycles. The van der Waals surface area contributed by atoms with Gasteiger partial charge < -0.3 is 0 Å². The third-order valence-electron chi connectivity index (χ3n) is 2.83. The predicted octanol–water partition coefficient (Wildman–Crippen LogP) is 4.14. The summed E-state index contributed by atoms with van der Waals surface area (Å²) in [7, 11) is 0. The molecule has 0 aliphatic heterocycles. The maximum Gasteiger partial charge on any atom is 0.159 e. The molecular formula is C15H12F2O. The number of hydrogen-bond donors (Lipinski definition) is 0. The summed E-state index contributed by atoms with van der Waals surface area (Å²) in [4.78, 5) is 11.4. The molecule has 0 heterocycles. The number of halogens is 2. The van der Waals surface area contributed by atoms with Gasteiger partial charge in [0.1, 0.15) is 11.6 Å². The standard InChI is InChI=1S/C15H12F2O/c1-9-7-11(10(2)18)8-13(15(9)17)12-5-3-4-6-14(12)16/h3-8H,1-2H3. The van der Waals surface area contributed by atoms with Gasteiger partial charge in [0.2, 0.25) is 0 Å². The van der Waals surface area contributed by atoms with Crippen LogP contribution in [0.3, 0.4) is 0 Å². The zero-order valence-corrected chi connectivity index (χ0v) is 10.1. The van der Waals surface area contributed by atoms with Crippen molar-refractivity contribution in [3.63, 3.8) is 0 Å². The van der Waals surface area contributed by atoms with Crippen LogP contribution >= 0.6 is 0 Å². The van der Waals surface area contributed by atoms with Gasteiger partial charge in [0, 0.05) is 16.7 Å². The molecule has 0 spiro atoms. The Balaban J connectivity index is 2.71. The van der Waals surface area contributed by atoms with Crippen LogP contribution in [0.15, 0.2) is 36.4 Å². The Kier molecular flexibility index (Phi) is 3.24. The molecule has 2 aromatic rings. The summed E-state index contributed by atoms with van der Waals surface area (Å²) in [5.74, 6) is -1.17. The third-order valence-corrected chi connectivity index (χ3v) is 2.83. The first-order chi connectivity index (χ1) is 8.50. The molecule has 3 heteroatoms. The number of aryl methyl sites for hydroxylation is 1. The van der Waals surface area contributed by atoms with Crippen LogP contribution in [0, 0.1) is 18.6 Å². The second-order valence-corrected chi connectivity index (χ2v) is 4.19. The molecule has 0 N–H and O–H groups in total. The lowest BCUT2D eigenvalue weighted by Crippen LogP contribution is -1.98. The van der Waals surface area contributed by atoms with Gasteiger partial charge in [-0.3, -0.25) is 4.79 Å². The molecule has 18 heavy (non-hydrogen) atoms. The number of hydrogen-bond acceptors (Lipinski definition) is 1. The molecule has 0 aliphatic carbocycles. The number of Topliss-reactive ketones (excluding diaryl/α,β-unsaturated/α-hetero) is 1. The first kappa shape index (κ1) is 12.4. The minimum Gasteiger partial charge on any atom is -0.295 e. The fourth-order valence-corrected chi connectivity index (χ4v) is 1.85. The Labute approximate surface area is 104 Å². The summed E-state index contributed by atoms with van der Waals surface area (Å²) in [6.45, 7) is 2.96. The van der Waals surface area contributed by atoms with E-state index in [-0.39, 0.29) is 16.9 Å². The van der Waals surface area contributed by atoms with Crippen LogP contribution in [-0.2, 0) is 0 Å². The molecule has 0 aliphatic rings. The van der Waals surface area contributed by atoms with Gasteiger partial charge in [-0.2, -0.15) is 0 Å². The highest BCUT2D eigenvalue weighted by atomic mass is 19.1. The van der Waals surface area contributed by atoms with Gasteiger partial charge in [0.05, 0.1) is 0 Å². The second-order valence-electron chi connectivity index (χ2n) is 4.19. The highest BCUT2D eigenvalue weighted by Crippen LogP contribution is 2.28. The summed E-state index contributed by atoms with van der Waals surface area (Å²) < 4.78 is 27.7. The van der Waals surface area contributed by atoms with E-state index in [1.54, 1.807) is 19.1 Å². The molecule has 0 fully saturated rings. The molecule has 0 bridgehead atoms. The molecule has 0 saturated heterocycles. The van der Waals surface area contributed by atoms with Gasteiger partial charge in [-0.25, -0.2) is 8.78 Å². The van der Waals surface area contributed by atoms with E-state index in [9.17, 15) is 13.6 Å². The normalized spacial score (nSPS) is 10.4. The molecule has 0 atom stereocenters. The topological polar surface area (TPSA) is 17.1 Å². The zero-order chi connectivity index (χ0) is 13.3. The quantitative estimate of drug-likeness (QED) is 0.728. The number of rotatable bonds is 2. The average molecular weight is 246 g/mol. The maximum atomic E-state index is 14.0. The third kappa shape index (κ3) is 2.16. The lowest BCUT2D eigenvalue weighted by Gasteiger charge is -2.09. The maximum absolute atomic E-state index is 14.0. The van der Waals surface area contributed by atoms with Crippen molar-refractivity contribution in [1.82, 2.24) is 0 Å². The highest BCUT2D eigenvalue weighted by Gasteiger charge is 2.14. The Morgan fingerprint density at radius 1 is 1.06 bits per heavy atom. The molecule has 92 valence electrons. The Bertz CT molecular complexity index is 618. The molecule has 0 unspecified atom stereocenters. The molecule has 0 radical (unpaired) electrons. The van der Waals surface area contributed by atoms with Crippen molar-refractivity contribution in [3.8, 4) is 11.1 Å². The Morgan fingerprint density at radius 3 is 2.33 bits per heavy atom. The smallest absolute Gasteiger partial charge is 0.159 e. The van der Waals surface area contributed by atoms with E-state index in [4.69, 9.17) is 0 Å². The molecule has 2 aromatic carbocycles. The van der Waals surface area contributed by atoms with Crippen molar-refractivity contribution < 1.29 is 13.6 Å². The average Bonchev–Trinajstić information content (AvgIpc) is 2.33. The highest BCUT2D eigenvalue weighted by molar-refractivity contribution is 5.95. The van der Waals surface area contributed by atoms with Crippen molar-refractivity contribution >= 4 is 5.78 Å². The van der Waals surface area contributed by atoms with Crippen LogP contribution in [-0.4, -0.2) is 5.78 Å². The van der Waals surface area contributed by atoms with Crippen LogP contribution in [0.2, 0.25) is 0 Å². The summed E-state index contributed by atoms with van der Waals surface area (Å²) in [6, 6.07) is 8.80. The van der Waals surface area contributed by atoms with E-state index in [0.717, 1.165) is 0 Å². The van der Waals surface area contributed by atoms with E-state index >= 15 is 0 Å². The van der Waals surface area contributed by atoms with Crippen molar-refractivity contribution in [1.29, 1.82) is 0 Å². The summed E-state index contributed by atoms with van der Waals surface area (Å²) in [5, 5.41) is 0. The number of carbonyl (C=O) groups is 1. The van der Waals surface area contributed by atoms with Crippen molar-refractivity contribution in [2.45, 2.75) is 13.8 Å². The summed E-state index contributed by atoms with van der Waals surface area (Å²) in [5.41, 5.74) is 1.01. The lowest BCUT2D eigenvalue weighted by molar-refractivity contribution is 0.101. The fraction of sp³-hybridized carbons (Fsp3) is 0.133. The van der Waals surface area contributed by atoms with Crippen LogP contribution in [0.25, 0.3) is 11.1 Å².